The normalized spacial score (nSPS) is 20.0. The van der Waals surface area contributed by atoms with E-state index in [1.807, 2.05) is 24.4 Å². The largest absolute Gasteiger partial charge is 0.381 e. The molecule has 1 aliphatic heterocycles. The van der Waals surface area contributed by atoms with Crippen molar-refractivity contribution in [2.45, 2.75) is 31.8 Å². The quantitative estimate of drug-likeness (QED) is 0.748. The zero-order valence-corrected chi connectivity index (χ0v) is 14.5. The highest BCUT2D eigenvalue weighted by Crippen LogP contribution is 2.28. The van der Waals surface area contributed by atoms with Crippen LogP contribution in [0, 0.1) is 5.92 Å². The van der Waals surface area contributed by atoms with E-state index in [0.717, 1.165) is 37.5 Å². The van der Waals surface area contributed by atoms with E-state index in [9.17, 15) is 0 Å². The van der Waals surface area contributed by atoms with Crippen molar-refractivity contribution in [1.82, 2.24) is 19.9 Å². The first-order valence-electron chi connectivity index (χ1n) is 8.99. The molecule has 0 spiro atoms. The summed E-state index contributed by atoms with van der Waals surface area (Å²) in [4.78, 5) is 0. The van der Waals surface area contributed by atoms with Crippen molar-refractivity contribution in [3.8, 4) is 0 Å². The lowest BCUT2D eigenvalue weighted by Gasteiger charge is -2.25. The maximum atomic E-state index is 5.57. The van der Waals surface area contributed by atoms with E-state index in [4.69, 9.17) is 4.74 Å². The van der Waals surface area contributed by atoms with Crippen molar-refractivity contribution in [1.29, 1.82) is 0 Å². The van der Waals surface area contributed by atoms with Gasteiger partial charge in [0, 0.05) is 25.5 Å². The van der Waals surface area contributed by atoms with E-state index in [0.29, 0.717) is 5.92 Å². The number of pyridine rings is 1. The Kier molecular flexibility index (Phi) is 4.76. The third kappa shape index (κ3) is 3.57. The summed E-state index contributed by atoms with van der Waals surface area (Å²) < 4.78 is 7.63. The number of aromatic nitrogens is 3. The minimum atomic E-state index is 0.102. The Morgan fingerprint density at radius 1 is 1.16 bits per heavy atom. The third-order valence-corrected chi connectivity index (χ3v) is 4.97. The number of nitrogens with zero attached hydrogens (tertiary/aromatic N) is 3. The molecular weight excluding hydrogens is 312 g/mol. The fourth-order valence-electron chi connectivity index (χ4n) is 3.62. The number of hydrogen-bond acceptors (Lipinski definition) is 4. The predicted octanol–water partition coefficient (Wildman–Crippen LogP) is 3.55. The summed E-state index contributed by atoms with van der Waals surface area (Å²) in [5.74, 6) is 1.55. The van der Waals surface area contributed by atoms with Crippen LogP contribution in [0.4, 0.5) is 0 Å². The van der Waals surface area contributed by atoms with E-state index < -0.39 is 0 Å². The van der Waals surface area contributed by atoms with Crippen molar-refractivity contribution in [3.63, 3.8) is 0 Å². The number of nitrogens with one attached hydrogen (secondary N) is 1. The molecule has 0 amide bonds. The molecule has 1 fully saturated rings. The molecule has 3 aromatic rings. The lowest BCUT2D eigenvalue weighted by Crippen LogP contribution is -2.28. The predicted molar refractivity (Wildman–Crippen MR) is 97.3 cm³/mol. The van der Waals surface area contributed by atoms with Gasteiger partial charge in [0.1, 0.15) is 0 Å². The molecule has 0 unspecified atom stereocenters. The van der Waals surface area contributed by atoms with Gasteiger partial charge in [-0.3, -0.25) is 4.40 Å². The summed E-state index contributed by atoms with van der Waals surface area (Å²) in [6.45, 7) is 3.91. The minimum absolute atomic E-state index is 0.102. The smallest absolute Gasteiger partial charge is 0.160 e. The lowest BCUT2D eigenvalue weighted by atomic mass is 9.93. The molecule has 4 rings (SSSR count). The monoisotopic (exact) mass is 336 g/mol. The van der Waals surface area contributed by atoms with Gasteiger partial charge in [0.15, 0.2) is 11.5 Å². The molecule has 0 aliphatic carbocycles. The Morgan fingerprint density at radius 3 is 2.80 bits per heavy atom. The Morgan fingerprint density at radius 2 is 2.00 bits per heavy atom. The lowest BCUT2D eigenvalue weighted by molar-refractivity contribution is 0.180. The van der Waals surface area contributed by atoms with Crippen LogP contribution in [0.3, 0.4) is 0 Å². The Bertz CT molecular complexity index is 811. The summed E-state index contributed by atoms with van der Waals surface area (Å²) in [6, 6.07) is 17.0. The molecular formula is C20H24N4O. The summed E-state index contributed by atoms with van der Waals surface area (Å²) in [5.41, 5.74) is 2.20. The van der Waals surface area contributed by atoms with Crippen LogP contribution in [-0.2, 0) is 4.74 Å². The maximum absolute atomic E-state index is 5.57. The van der Waals surface area contributed by atoms with Crippen molar-refractivity contribution >= 4 is 5.65 Å². The van der Waals surface area contributed by atoms with Gasteiger partial charge in [-0.2, -0.15) is 0 Å². The maximum Gasteiger partial charge on any atom is 0.160 e. The molecule has 2 aromatic heterocycles. The second kappa shape index (κ2) is 7.33. The molecule has 3 heterocycles. The highest BCUT2D eigenvalue weighted by molar-refractivity contribution is 5.37. The zero-order valence-electron chi connectivity index (χ0n) is 14.5. The Balaban J connectivity index is 1.56. The fraction of sp³-hybridized carbons (Fsp3) is 0.400. The summed E-state index contributed by atoms with van der Waals surface area (Å²) in [5, 5.41) is 12.5. The summed E-state index contributed by atoms with van der Waals surface area (Å²) in [6.07, 6.45) is 4.24. The molecule has 1 N–H and O–H groups in total. The molecule has 0 saturated carbocycles. The number of hydrogen-bond donors (Lipinski definition) is 1. The molecule has 3 atom stereocenters. The first kappa shape index (κ1) is 16.2. The molecule has 1 aromatic carbocycles. The van der Waals surface area contributed by atoms with Gasteiger partial charge in [-0.25, -0.2) is 0 Å². The summed E-state index contributed by atoms with van der Waals surface area (Å²) in [7, 11) is 0. The molecule has 5 nitrogen and oxygen atoms in total. The molecule has 0 bridgehead atoms. The van der Waals surface area contributed by atoms with Gasteiger partial charge in [-0.1, -0.05) is 36.4 Å². The number of benzene rings is 1. The SMILES string of the molecule is C[C@H](N[C@@H](C[C@@H]1CCOC1)c1ccccc1)c1nnc2ccccn12. The van der Waals surface area contributed by atoms with Gasteiger partial charge in [0.05, 0.1) is 6.04 Å². The van der Waals surface area contributed by atoms with E-state index in [1.54, 1.807) is 0 Å². The summed E-state index contributed by atoms with van der Waals surface area (Å²) >= 11 is 0. The van der Waals surface area contributed by atoms with Crippen LogP contribution in [0.5, 0.6) is 0 Å². The molecule has 0 radical (unpaired) electrons. The first-order chi connectivity index (χ1) is 12.3. The molecule has 130 valence electrons. The standard InChI is InChI=1S/C20H24N4O/c1-15(20-23-22-19-9-5-6-11-24(19)20)21-18(13-16-10-12-25-14-16)17-7-3-2-4-8-17/h2-9,11,15-16,18,21H,10,12-14H2,1H3/t15-,16-,18-/m0/s1. The molecule has 5 heteroatoms. The van der Waals surface area contributed by atoms with Crippen molar-refractivity contribution in [3.05, 3.63) is 66.1 Å². The molecule has 1 saturated heterocycles. The van der Waals surface area contributed by atoms with E-state index in [2.05, 4.69) is 57.2 Å². The van der Waals surface area contributed by atoms with Crippen LogP contribution in [0.2, 0.25) is 0 Å². The van der Waals surface area contributed by atoms with Gasteiger partial charge >= 0.3 is 0 Å². The van der Waals surface area contributed by atoms with Gasteiger partial charge in [0.2, 0.25) is 0 Å². The Hall–Kier alpha value is -2.24. The van der Waals surface area contributed by atoms with Crippen LogP contribution in [0.15, 0.2) is 54.7 Å². The van der Waals surface area contributed by atoms with E-state index >= 15 is 0 Å². The number of ether oxygens (including phenoxy) is 1. The molecule has 1 aliphatic rings. The van der Waals surface area contributed by atoms with Crippen molar-refractivity contribution in [2.75, 3.05) is 13.2 Å². The van der Waals surface area contributed by atoms with Crippen LogP contribution in [0.1, 0.15) is 43.2 Å². The average Bonchev–Trinajstić information content (AvgIpc) is 3.31. The van der Waals surface area contributed by atoms with Crippen molar-refractivity contribution < 1.29 is 4.74 Å². The molecule has 25 heavy (non-hydrogen) atoms. The first-order valence-corrected chi connectivity index (χ1v) is 8.99. The second-order valence-corrected chi connectivity index (χ2v) is 6.80. The fourth-order valence-corrected chi connectivity index (χ4v) is 3.62. The van der Waals surface area contributed by atoms with Gasteiger partial charge in [-0.15, -0.1) is 10.2 Å². The number of fused-ring (bicyclic) bond motifs is 1. The van der Waals surface area contributed by atoms with Crippen molar-refractivity contribution in [2.24, 2.45) is 5.92 Å². The highest BCUT2D eigenvalue weighted by Gasteiger charge is 2.24. The third-order valence-electron chi connectivity index (χ3n) is 4.97. The van der Waals surface area contributed by atoms with Crippen LogP contribution >= 0.6 is 0 Å². The zero-order chi connectivity index (χ0) is 17.1. The van der Waals surface area contributed by atoms with Gasteiger partial charge in [0.25, 0.3) is 0 Å². The van der Waals surface area contributed by atoms with Crippen LogP contribution in [0.25, 0.3) is 5.65 Å². The highest BCUT2D eigenvalue weighted by atomic mass is 16.5. The van der Waals surface area contributed by atoms with Crippen LogP contribution in [-0.4, -0.2) is 27.8 Å². The van der Waals surface area contributed by atoms with Gasteiger partial charge < -0.3 is 10.1 Å². The minimum Gasteiger partial charge on any atom is -0.381 e. The second-order valence-electron chi connectivity index (χ2n) is 6.80. The van der Waals surface area contributed by atoms with Crippen LogP contribution < -0.4 is 5.32 Å². The van der Waals surface area contributed by atoms with E-state index in [-0.39, 0.29) is 12.1 Å². The van der Waals surface area contributed by atoms with Gasteiger partial charge in [-0.05, 0) is 43.4 Å². The number of rotatable bonds is 6. The average molecular weight is 336 g/mol. The Labute approximate surface area is 148 Å². The van der Waals surface area contributed by atoms with E-state index in [1.165, 1.54) is 5.56 Å². The topological polar surface area (TPSA) is 51.5 Å².